The van der Waals surface area contributed by atoms with E-state index in [0.717, 1.165) is 17.2 Å². The molecule has 132 valence electrons. The molecule has 0 N–H and O–H groups in total. The average molecular weight is 342 g/mol. The summed E-state index contributed by atoms with van der Waals surface area (Å²) in [5.74, 6) is -3.15. The van der Waals surface area contributed by atoms with Gasteiger partial charge in [-0.25, -0.2) is 13.2 Å². The molecule has 1 fully saturated rings. The van der Waals surface area contributed by atoms with Crippen LogP contribution < -0.4 is 0 Å². The van der Waals surface area contributed by atoms with Gasteiger partial charge in [-0.15, -0.1) is 0 Å². The molecule has 0 bridgehead atoms. The fourth-order valence-corrected chi connectivity index (χ4v) is 2.83. The van der Waals surface area contributed by atoms with Gasteiger partial charge in [0.1, 0.15) is 6.61 Å². The van der Waals surface area contributed by atoms with E-state index in [-0.39, 0.29) is 6.61 Å². The van der Waals surface area contributed by atoms with Crippen molar-refractivity contribution >= 4 is 5.97 Å². The summed E-state index contributed by atoms with van der Waals surface area (Å²) in [7, 11) is 1.61. The van der Waals surface area contributed by atoms with Gasteiger partial charge in [0, 0.05) is 7.11 Å². The molecule has 1 aliphatic carbocycles. The predicted molar refractivity (Wildman–Crippen MR) is 82.9 cm³/mol. The topological polar surface area (TPSA) is 35.5 Å². The molecule has 0 heterocycles. The van der Waals surface area contributed by atoms with E-state index in [0.29, 0.717) is 6.61 Å². The minimum Gasteiger partial charge on any atom is -0.461 e. The van der Waals surface area contributed by atoms with Gasteiger partial charge in [0.15, 0.2) is 5.83 Å². The van der Waals surface area contributed by atoms with Crippen LogP contribution in [0.25, 0.3) is 0 Å². The fraction of sp³-hybridized carbons (Fsp3) is 0.500. The number of esters is 1. The second-order valence-corrected chi connectivity index (χ2v) is 6.53. The number of benzene rings is 1. The molecule has 0 saturated heterocycles. The molecule has 1 aliphatic rings. The summed E-state index contributed by atoms with van der Waals surface area (Å²) in [6.45, 7) is 4.06. The molecule has 2 rings (SSSR count). The maximum Gasteiger partial charge on any atom is 0.310 e. The lowest BCUT2D eigenvalue weighted by molar-refractivity contribution is -0.147. The van der Waals surface area contributed by atoms with Crippen molar-refractivity contribution in [2.75, 3.05) is 7.11 Å². The van der Waals surface area contributed by atoms with Crippen molar-refractivity contribution in [1.82, 2.24) is 0 Å². The highest BCUT2D eigenvalue weighted by Gasteiger charge is 2.61. The highest BCUT2D eigenvalue weighted by atomic mass is 19.3. The van der Waals surface area contributed by atoms with Crippen molar-refractivity contribution in [2.24, 2.45) is 17.3 Å². The van der Waals surface area contributed by atoms with Crippen LogP contribution >= 0.6 is 0 Å². The van der Waals surface area contributed by atoms with E-state index in [1.165, 1.54) is 0 Å². The molecule has 2 atom stereocenters. The third kappa shape index (κ3) is 4.17. The third-order valence-corrected chi connectivity index (χ3v) is 4.43. The maximum atomic E-state index is 13.1. The van der Waals surface area contributed by atoms with Gasteiger partial charge >= 0.3 is 5.97 Å². The van der Waals surface area contributed by atoms with Crippen molar-refractivity contribution in [3.05, 3.63) is 47.3 Å². The Kier molecular flexibility index (Phi) is 5.70. The number of carbonyl (C=O) groups is 1. The molecule has 1 aromatic carbocycles. The van der Waals surface area contributed by atoms with Crippen LogP contribution in [-0.2, 0) is 27.5 Å². The van der Waals surface area contributed by atoms with Crippen molar-refractivity contribution in [2.45, 2.75) is 33.5 Å². The molecule has 1 saturated carbocycles. The number of alkyl halides is 2. The van der Waals surface area contributed by atoms with Crippen LogP contribution in [0, 0.1) is 17.3 Å². The van der Waals surface area contributed by atoms with E-state index in [1.54, 1.807) is 21.0 Å². The van der Waals surface area contributed by atoms with Crippen LogP contribution in [0.2, 0.25) is 0 Å². The molecule has 0 spiro atoms. The summed E-state index contributed by atoms with van der Waals surface area (Å²) in [6.07, 6.45) is -2.31. The van der Waals surface area contributed by atoms with Crippen LogP contribution in [0.3, 0.4) is 0 Å². The summed E-state index contributed by atoms with van der Waals surface area (Å²) in [5, 5.41) is 0. The van der Waals surface area contributed by atoms with Crippen molar-refractivity contribution in [3.63, 3.8) is 0 Å². The number of hydrogen-bond donors (Lipinski definition) is 0. The van der Waals surface area contributed by atoms with Crippen LogP contribution in [0.1, 0.15) is 25.0 Å². The van der Waals surface area contributed by atoms with Gasteiger partial charge in [0.05, 0.1) is 12.5 Å². The first kappa shape index (κ1) is 18.5. The zero-order valence-electron chi connectivity index (χ0n) is 13.9. The number of methoxy groups -OCH3 is 1. The number of rotatable bonds is 7. The standard InChI is InChI=1S/C18H21F3O3/c1-18(2)13(8-14(19)16(20)21)15(18)17(22)24-10-12-6-4-11(5-7-12)9-23-3/h4-8,13,15-16H,9-10H2,1-3H3/b14-8-/t13-,15+/m1/s1. The number of hydrogen-bond acceptors (Lipinski definition) is 3. The van der Waals surface area contributed by atoms with Crippen LogP contribution in [0.4, 0.5) is 13.2 Å². The first-order chi connectivity index (χ1) is 11.3. The second-order valence-electron chi connectivity index (χ2n) is 6.53. The first-order valence-electron chi connectivity index (χ1n) is 7.66. The Bertz CT molecular complexity index is 608. The molecule has 6 heteroatoms. The molecule has 0 aliphatic heterocycles. The first-order valence-corrected chi connectivity index (χ1v) is 7.66. The van der Waals surface area contributed by atoms with E-state index in [9.17, 15) is 18.0 Å². The Hall–Kier alpha value is -1.82. The second kappa shape index (κ2) is 7.38. The average Bonchev–Trinajstić information content (AvgIpc) is 3.07. The number of carbonyl (C=O) groups excluding carboxylic acids is 1. The predicted octanol–water partition coefficient (Wildman–Crippen LogP) is 4.27. The zero-order valence-corrected chi connectivity index (χ0v) is 13.9. The highest BCUT2D eigenvalue weighted by molar-refractivity contribution is 5.78. The van der Waals surface area contributed by atoms with Gasteiger partial charge in [-0.05, 0) is 28.5 Å². The molecular formula is C18H21F3O3. The summed E-state index contributed by atoms with van der Waals surface area (Å²) >= 11 is 0. The van der Waals surface area contributed by atoms with Crippen molar-refractivity contribution < 1.29 is 27.4 Å². The monoisotopic (exact) mass is 342 g/mol. The van der Waals surface area contributed by atoms with E-state index in [4.69, 9.17) is 9.47 Å². The Morgan fingerprint density at radius 1 is 1.21 bits per heavy atom. The largest absolute Gasteiger partial charge is 0.461 e. The lowest BCUT2D eigenvalue weighted by atomic mass is 10.1. The van der Waals surface area contributed by atoms with E-state index in [1.807, 2.05) is 24.3 Å². The highest BCUT2D eigenvalue weighted by Crippen LogP contribution is 2.60. The summed E-state index contributed by atoms with van der Waals surface area (Å²) in [4.78, 5) is 12.1. The number of ether oxygens (including phenoxy) is 2. The molecule has 24 heavy (non-hydrogen) atoms. The SMILES string of the molecule is COCc1ccc(COC(=O)[C@@H]2[C@@H](/C=C(\F)C(F)F)C2(C)C)cc1. The summed E-state index contributed by atoms with van der Waals surface area (Å²) < 4.78 is 47.9. The lowest BCUT2D eigenvalue weighted by Gasteiger charge is -2.07. The Morgan fingerprint density at radius 2 is 1.75 bits per heavy atom. The van der Waals surface area contributed by atoms with Gasteiger partial charge in [-0.2, -0.15) is 0 Å². The third-order valence-electron chi connectivity index (χ3n) is 4.43. The van der Waals surface area contributed by atoms with Crippen molar-refractivity contribution in [3.8, 4) is 0 Å². The number of halogens is 3. The minimum atomic E-state index is -3.15. The Labute approximate surface area is 139 Å². The van der Waals surface area contributed by atoms with Crippen LogP contribution in [0.5, 0.6) is 0 Å². The van der Waals surface area contributed by atoms with Gasteiger partial charge < -0.3 is 9.47 Å². The van der Waals surface area contributed by atoms with Crippen molar-refractivity contribution in [1.29, 1.82) is 0 Å². The summed E-state index contributed by atoms with van der Waals surface area (Å²) in [5.41, 5.74) is 1.24. The van der Waals surface area contributed by atoms with E-state index < -0.39 is 35.5 Å². The molecule has 0 amide bonds. The Morgan fingerprint density at radius 3 is 2.25 bits per heavy atom. The smallest absolute Gasteiger partial charge is 0.310 e. The normalized spacial score (nSPS) is 22.5. The quantitative estimate of drug-likeness (QED) is 0.694. The fourth-order valence-electron chi connectivity index (χ4n) is 2.83. The lowest BCUT2D eigenvalue weighted by Crippen LogP contribution is -2.10. The van der Waals surface area contributed by atoms with E-state index in [2.05, 4.69) is 0 Å². The van der Waals surface area contributed by atoms with E-state index >= 15 is 0 Å². The molecule has 0 aromatic heterocycles. The Balaban J connectivity index is 1.92. The molecular weight excluding hydrogens is 321 g/mol. The molecule has 0 unspecified atom stereocenters. The molecule has 0 radical (unpaired) electrons. The number of allylic oxidation sites excluding steroid dienone is 2. The van der Waals surface area contributed by atoms with Crippen LogP contribution in [0.15, 0.2) is 36.2 Å². The van der Waals surface area contributed by atoms with Gasteiger partial charge in [0.2, 0.25) is 0 Å². The van der Waals surface area contributed by atoms with Gasteiger partial charge in [-0.1, -0.05) is 38.1 Å². The van der Waals surface area contributed by atoms with Gasteiger partial charge in [0.25, 0.3) is 6.43 Å². The maximum absolute atomic E-state index is 13.1. The van der Waals surface area contributed by atoms with Gasteiger partial charge in [-0.3, -0.25) is 4.79 Å². The minimum absolute atomic E-state index is 0.0897. The van der Waals surface area contributed by atoms with Crippen LogP contribution in [-0.4, -0.2) is 19.5 Å². The molecule has 1 aromatic rings. The zero-order chi connectivity index (χ0) is 17.9. The molecule has 3 nitrogen and oxygen atoms in total. The summed E-state index contributed by atoms with van der Waals surface area (Å²) in [6, 6.07) is 7.40.